The maximum Gasteiger partial charge on any atom is 0.277 e. The summed E-state index contributed by atoms with van der Waals surface area (Å²) in [4.78, 5) is 29.9. The second-order valence-corrected chi connectivity index (χ2v) is 4.28. The molecule has 17 heavy (non-hydrogen) atoms. The van der Waals surface area contributed by atoms with E-state index in [1.54, 1.807) is 6.08 Å². The molecule has 1 fully saturated rings. The van der Waals surface area contributed by atoms with Crippen LogP contribution < -0.4 is 16.2 Å². The van der Waals surface area contributed by atoms with Crippen LogP contribution in [0.5, 0.6) is 0 Å². The third-order valence-corrected chi connectivity index (χ3v) is 2.91. The molecule has 1 aromatic rings. The van der Waals surface area contributed by atoms with Gasteiger partial charge in [0.2, 0.25) is 5.91 Å². The highest BCUT2D eigenvalue weighted by atomic mass is 32.1. The fourth-order valence-corrected chi connectivity index (χ4v) is 2.08. The minimum atomic E-state index is -0.454. The number of hydrogen-bond acceptors (Lipinski definition) is 4. The summed E-state index contributed by atoms with van der Waals surface area (Å²) in [5.74, 6) is 0.0129. The van der Waals surface area contributed by atoms with Crippen LogP contribution in [-0.2, 0) is 4.79 Å². The first-order valence-electron chi connectivity index (χ1n) is 5.08. The first-order valence-corrected chi connectivity index (χ1v) is 5.48. The molecule has 1 amide bonds. The third-order valence-electron chi connectivity index (χ3n) is 2.70. The van der Waals surface area contributed by atoms with Crippen LogP contribution in [0.2, 0.25) is 0 Å². The van der Waals surface area contributed by atoms with Gasteiger partial charge >= 0.3 is 0 Å². The number of carbonyl (C=O) groups excluding carboxylic acids is 1. The molecule has 6 nitrogen and oxygen atoms in total. The zero-order chi connectivity index (χ0) is 12.6. The molecule has 1 atom stereocenters. The highest BCUT2D eigenvalue weighted by Gasteiger charge is 2.31. The fraction of sp³-hybridized carbons (Fsp3) is 0.300. The van der Waals surface area contributed by atoms with Crippen LogP contribution in [0.3, 0.4) is 0 Å². The maximum absolute atomic E-state index is 11.8. The Bertz CT molecular complexity index is 589. The molecule has 2 rings (SSSR count). The third kappa shape index (κ3) is 2.01. The lowest BCUT2D eigenvalue weighted by Gasteiger charge is -2.16. The number of rotatable bonds is 2. The van der Waals surface area contributed by atoms with Gasteiger partial charge in [-0.1, -0.05) is 6.08 Å². The Hall–Kier alpha value is -1.89. The number of hydrogen-bond donors (Lipinski definition) is 3. The largest absolute Gasteiger partial charge is 0.383 e. The molecule has 2 heterocycles. The predicted molar refractivity (Wildman–Crippen MR) is 67.3 cm³/mol. The Morgan fingerprint density at radius 2 is 2.18 bits per heavy atom. The Morgan fingerprint density at radius 1 is 1.47 bits per heavy atom. The van der Waals surface area contributed by atoms with E-state index in [-0.39, 0.29) is 28.1 Å². The van der Waals surface area contributed by atoms with E-state index in [0.717, 1.165) is 0 Å². The van der Waals surface area contributed by atoms with Crippen molar-refractivity contribution in [2.75, 3.05) is 17.2 Å². The van der Waals surface area contributed by atoms with E-state index in [9.17, 15) is 9.59 Å². The zero-order valence-electron chi connectivity index (χ0n) is 9.03. The van der Waals surface area contributed by atoms with Gasteiger partial charge in [-0.2, -0.15) is 0 Å². The summed E-state index contributed by atoms with van der Waals surface area (Å²) in [6, 6.07) is 0. The monoisotopic (exact) mass is 252 g/mol. The van der Waals surface area contributed by atoms with Gasteiger partial charge in [0.1, 0.15) is 5.82 Å². The van der Waals surface area contributed by atoms with Gasteiger partial charge in [0.05, 0.1) is 0 Å². The number of nitrogens with zero attached hydrogens (tertiary/aromatic N) is 1. The number of nitrogens with two attached hydrogens (primary N) is 1. The summed E-state index contributed by atoms with van der Waals surface area (Å²) in [5, 5.41) is 0. The molecule has 0 aliphatic carbocycles. The standard InChI is InChI=1S/C10H12N4O2S/c1-2-5-3-6(15)14(4-5)7-8(11)12-10(17)13-9(7)16/h2,5H,1,3-4H2,(H4,11,12,13,16,17). The second kappa shape index (κ2) is 4.17. The van der Waals surface area contributed by atoms with Crippen LogP contribution >= 0.6 is 12.2 Å². The summed E-state index contributed by atoms with van der Waals surface area (Å²) < 4.78 is 0.142. The molecule has 0 spiro atoms. The van der Waals surface area contributed by atoms with E-state index in [2.05, 4.69) is 16.5 Å². The number of H-pyrrole nitrogens is 2. The van der Waals surface area contributed by atoms with Crippen molar-refractivity contribution in [2.45, 2.75) is 6.42 Å². The van der Waals surface area contributed by atoms with Gasteiger partial charge in [0, 0.05) is 18.9 Å². The highest BCUT2D eigenvalue weighted by molar-refractivity contribution is 7.71. The van der Waals surface area contributed by atoms with Crippen LogP contribution in [-0.4, -0.2) is 22.4 Å². The molecule has 0 radical (unpaired) electrons. The molecule has 1 aliphatic rings. The van der Waals surface area contributed by atoms with Crippen molar-refractivity contribution in [3.8, 4) is 0 Å². The highest BCUT2D eigenvalue weighted by Crippen LogP contribution is 2.25. The molecule has 1 aromatic heterocycles. The number of anilines is 2. The smallest absolute Gasteiger partial charge is 0.277 e. The van der Waals surface area contributed by atoms with Gasteiger partial charge < -0.3 is 15.6 Å². The lowest BCUT2D eigenvalue weighted by Crippen LogP contribution is -2.32. The second-order valence-electron chi connectivity index (χ2n) is 3.87. The minimum Gasteiger partial charge on any atom is -0.383 e. The van der Waals surface area contributed by atoms with Gasteiger partial charge in [-0.3, -0.25) is 14.6 Å². The van der Waals surface area contributed by atoms with Gasteiger partial charge in [-0.15, -0.1) is 6.58 Å². The fourth-order valence-electron chi connectivity index (χ4n) is 1.87. The van der Waals surface area contributed by atoms with Crippen molar-refractivity contribution < 1.29 is 4.79 Å². The average Bonchev–Trinajstić information content (AvgIpc) is 2.59. The first-order chi connectivity index (χ1) is 8.02. The SMILES string of the molecule is C=CC1CC(=O)N(c2c(N)[nH]c(=S)[nH]c2=O)C1. The van der Waals surface area contributed by atoms with Crippen molar-refractivity contribution in [1.29, 1.82) is 0 Å². The Balaban J connectivity index is 2.49. The predicted octanol–water partition coefficient (Wildman–Crippen LogP) is 0.554. The number of carbonyl (C=O) groups is 1. The summed E-state index contributed by atoms with van der Waals surface area (Å²) in [6.07, 6.45) is 2.05. The number of nitrogens with one attached hydrogen (secondary N) is 2. The van der Waals surface area contributed by atoms with Crippen molar-refractivity contribution in [1.82, 2.24) is 9.97 Å². The topological polar surface area (TPSA) is 95.0 Å². The maximum atomic E-state index is 11.8. The van der Waals surface area contributed by atoms with E-state index >= 15 is 0 Å². The number of nitrogen functional groups attached to an aromatic ring is 1. The van der Waals surface area contributed by atoms with Crippen molar-refractivity contribution >= 4 is 29.6 Å². The summed E-state index contributed by atoms with van der Waals surface area (Å²) in [6.45, 7) is 4.06. The molecular weight excluding hydrogens is 240 g/mol. The summed E-state index contributed by atoms with van der Waals surface area (Å²) >= 11 is 4.79. The van der Waals surface area contributed by atoms with Gasteiger partial charge in [-0.25, -0.2) is 0 Å². The average molecular weight is 252 g/mol. The number of aromatic nitrogens is 2. The molecule has 0 bridgehead atoms. The molecule has 90 valence electrons. The first kappa shape index (κ1) is 11.6. The molecule has 1 aliphatic heterocycles. The molecule has 4 N–H and O–H groups in total. The lowest BCUT2D eigenvalue weighted by molar-refractivity contribution is -0.117. The van der Waals surface area contributed by atoms with Crippen molar-refractivity contribution in [2.24, 2.45) is 5.92 Å². The van der Waals surface area contributed by atoms with E-state index in [4.69, 9.17) is 18.0 Å². The molecule has 7 heteroatoms. The van der Waals surface area contributed by atoms with Crippen LogP contribution in [0.4, 0.5) is 11.5 Å². The normalized spacial score (nSPS) is 19.6. The lowest BCUT2D eigenvalue weighted by atomic mass is 10.1. The Kier molecular flexibility index (Phi) is 2.84. The van der Waals surface area contributed by atoms with Crippen LogP contribution in [0, 0.1) is 10.7 Å². The van der Waals surface area contributed by atoms with Gasteiger partial charge in [-0.05, 0) is 12.2 Å². The van der Waals surface area contributed by atoms with Crippen LogP contribution in [0.15, 0.2) is 17.4 Å². The summed E-state index contributed by atoms with van der Waals surface area (Å²) in [7, 11) is 0. The zero-order valence-corrected chi connectivity index (χ0v) is 9.84. The minimum absolute atomic E-state index is 0.0458. The molecule has 0 saturated carbocycles. The van der Waals surface area contributed by atoms with E-state index in [1.165, 1.54) is 4.90 Å². The Labute approximate surface area is 102 Å². The van der Waals surface area contributed by atoms with Crippen molar-refractivity contribution in [3.05, 3.63) is 27.8 Å². The number of amides is 1. The van der Waals surface area contributed by atoms with E-state index in [0.29, 0.717) is 13.0 Å². The van der Waals surface area contributed by atoms with E-state index in [1.807, 2.05) is 0 Å². The Morgan fingerprint density at radius 3 is 2.71 bits per heavy atom. The molecular formula is C10H12N4O2S. The molecule has 1 unspecified atom stereocenters. The van der Waals surface area contributed by atoms with Crippen molar-refractivity contribution in [3.63, 3.8) is 0 Å². The summed E-state index contributed by atoms with van der Waals surface area (Å²) in [5.41, 5.74) is 5.37. The number of aromatic amines is 2. The molecule has 1 saturated heterocycles. The van der Waals surface area contributed by atoms with Gasteiger partial charge in [0.25, 0.3) is 5.56 Å². The molecule has 0 aromatic carbocycles. The van der Waals surface area contributed by atoms with E-state index < -0.39 is 5.56 Å². The quantitative estimate of drug-likeness (QED) is 0.529. The van der Waals surface area contributed by atoms with Crippen LogP contribution in [0.25, 0.3) is 0 Å². The van der Waals surface area contributed by atoms with Crippen LogP contribution in [0.1, 0.15) is 6.42 Å². The van der Waals surface area contributed by atoms with Gasteiger partial charge in [0.15, 0.2) is 10.5 Å².